The third kappa shape index (κ3) is 4.26. The molecule has 0 heterocycles. The number of carbonyl (C=O) groups excluding carboxylic acids is 1. The van der Waals surface area contributed by atoms with Gasteiger partial charge in [0.25, 0.3) is 10.0 Å². The standard InChI is InChI=1S/C24H27N3O3S2/c28-22(24-13-16-10-17(14-24)12-18(11-16)15-24)26-23(31)25-19-6-8-21(9-7-19)32(29,30)27-20-4-2-1-3-5-20/h1-9,16-18,27H,10-15H2,(H2,25,26,28,31). The van der Waals surface area contributed by atoms with E-state index in [0.29, 0.717) is 29.1 Å². The van der Waals surface area contributed by atoms with Crippen molar-refractivity contribution in [1.29, 1.82) is 0 Å². The van der Waals surface area contributed by atoms with Crippen molar-refractivity contribution in [1.82, 2.24) is 5.32 Å². The Labute approximate surface area is 194 Å². The molecule has 2 aromatic rings. The topological polar surface area (TPSA) is 87.3 Å². The Bertz CT molecular complexity index is 1100. The largest absolute Gasteiger partial charge is 0.332 e. The van der Waals surface area contributed by atoms with Crippen LogP contribution in [0.4, 0.5) is 11.4 Å². The maximum Gasteiger partial charge on any atom is 0.261 e. The van der Waals surface area contributed by atoms with E-state index in [4.69, 9.17) is 12.2 Å². The predicted octanol–water partition coefficient (Wildman–Crippen LogP) is 4.52. The van der Waals surface area contributed by atoms with Gasteiger partial charge in [-0.3, -0.25) is 9.52 Å². The van der Waals surface area contributed by atoms with Crippen molar-refractivity contribution in [2.45, 2.75) is 43.4 Å². The average molecular weight is 470 g/mol. The van der Waals surface area contributed by atoms with Crippen LogP contribution >= 0.6 is 12.2 Å². The molecule has 0 atom stereocenters. The summed E-state index contributed by atoms with van der Waals surface area (Å²) in [6.45, 7) is 0. The zero-order chi connectivity index (χ0) is 22.3. The van der Waals surface area contributed by atoms with Gasteiger partial charge in [-0.15, -0.1) is 0 Å². The maximum absolute atomic E-state index is 13.1. The Morgan fingerprint density at radius 2 is 1.41 bits per heavy atom. The van der Waals surface area contributed by atoms with E-state index in [1.807, 2.05) is 6.07 Å². The maximum atomic E-state index is 13.1. The molecule has 0 saturated heterocycles. The molecule has 4 saturated carbocycles. The highest BCUT2D eigenvalue weighted by molar-refractivity contribution is 7.92. The molecule has 8 heteroatoms. The molecular formula is C24H27N3O3S2. The molecule has 4 bridgehead atoms. The number of rotatable bonds is 5. The summed E-state index contributed by atoms with van der Waals surface area (Å²) >= 11 is 5.39. The molecule has 0 aromatic heterocycles. The highest BCUT2D eigenvalue weighted by Crippen LogP contribution is 2.60. The fourth-order valence-electron chi connectivity index (χ4n) is 6.22. The first kappa shape index (κ1) is 21.4. The summed E-state index contributed by atoms with van der Waals surface area (Å²) in [5, 5.41) is 6.18. The number of hydrogen-bond acceptors (Lipinski definition) is 4. The number of sulfonamides is 1. The minimum Gasteiger partial charge on any atom is -0.332 e. The number of para-hydroxylation sites is 1. The third-order valence-corrected chi connectivity index (χ3v) is 8.80. The number of amides is 1. The molecule has 0 unspecified atom stereocenters. The molecule has 4 aliphatic rings. The quantitative estimate of drug-likeness (QED) is 0.561. The number of anilines is 2. The predicted molar refractivity (Wildman–Crippen MR) is 129 cm³/mol. The smallest absolute Gasteiger partial charge is 0.261 e. The van der Waals surface area contributed by atoms with Crippen LogP contribution in [0.3, 0.4) is 0 Å². The van der Waals surface area contributed by atoms with Gasteiger partial charge in [0, 0.05) is 11.4 Å². The van der Waals surface area contributed by atoms with Crippen LogP contribution in [-0.4, -0.2) is 19.4 Å². The van der Waals surface area contributed by atoms with E-state index in [0.717, 1.165) is 19.3 Å². The lowest BCUT2D eigenvalue weighted by Crippen LogP contribution is -2.55. The van der Waals surface area contributed by atoms with Gasteiger partial charge in [0.15, 0.2) is 5.11 Å². The van der Waals surface area contributed by atoms with Crippen molar-refractivity contribution in [2.75, 3.05) is 10.0 Å². The van der Waals surface area contributed by atoms with Crippen LogP contribution in [0.1, 0.15) is 38.5 Å². The van der Waals surface area contributed by atoms with Crippen molar-refractivity contribution in [3.8, 4) is 0 Å². The van der Waals surface area contributed by atoms with Crippen LogP contribution in [0.5, 0.6) is 0 Å². The van der Waals surface area contributed by atoms with Crippen LogP contribution in [0, 0.1) is 23.2 Å². The number of nitrogens with one attached hydrogen (secondary N) is 3. The summed E-state index contributed by atoms with van der Waals surface area (Å²) in [6.07, 6.45) is 6.79. The van der Waals surface area contributed by atoms with Gasteiger partial charge in [-0.2, -0.15) is 0 Å². The van der Waals surface area contributed by atoms with Gasteiger partial charge in [-0.1, -0.05) is 18.2 Å². The van der Waals surface area contributed by atoms with Gasteiger partial charge in [-0.25, -0.2) is 8.42 Å². The molecule has 2 aromatic carbocycles. The second-order valence-electron chi connectivity index (χ2n) is 9.60. The van der Waals surface area contributed by atoms with Gasteiger partial charge in [0.05, 0.1) is 10.3 Å². The first-order valence-electron chi connectivity index (χ1n) is 11.1. The Balaban J connectivity index is 1.20. The highest BCUT2D eigenvalue weighted by atomic mass is 32.2. The monoisotopic (exact) mass is 469 g/mol. The zero-order valence-electron chi connectivity index (χ0n) is 17.7. The molecule has 32 heavy (non-hydrogen) atoms. The highest BCUT2D eigenvalue weighted by Gasteiger charge is 2.54. The summed E-state index contributed by atoms with van der Waals surface area (Å²) in [4.78, 5) is 13.3. The van der Waals surface area contributed by atoms with Crippen LogP contribution in [-0.2, 0) is 14.8 Å². The second-order valence-corrected chi connectivity index (χ2v) is 11.7. The summed E-state index contributed by atoms with van der Waals surface area (Å²) in [7, 11) is -3.68. The second kappa shape index (κ2) is 8.15. The van der Waals surface area contributed by atoms with Crippen LogP contribution in [0.2, 0.25) is 0 Å². The normalized spacial score (nSPS) is 28.2. The van der Waals surface area contributed by atoms with Gasteiger partial charge >= 0.3 is 0 Å². The van der Waals surface area contributed by atoms with Crippen molar-refractivity contribution in [2.24, 2.45) is 23.2 Å². The molecule has 168 valence electrons. The molecule has 0 radical (unpaired) electrons. The Hall–Kier alpha value is -2.45. The van der Waals surface area contributed by atoms with E-state index < -0.39 is 10.0 Å². The minimum absolute atomic E-state index is 0.0420. The average Bonchev–Trinajstić information content (AvgIpc) is 2.73. The van der Waals surface area contributed by atoms with E-state index in [9.17, 15) is 13.2 Å². The molecule has 1 amide bonds. The summed E-state index contributed by atoms with van der Waals surface area (Å²) in [5.41, 5.74) is 0.865. The molecule has 4 fully saturated rings. The van der Waals surface area contributed by atoms with E-state index in [-0.39, 0.29) is 21.3 Å². The number of benzene rings is 2. The van der Waals surface area contributed by atoms with Crippen LogP contribution in [0.15, 0.2) is 59.5 Å². The molecule has 6 nitrogen and oxygen atoms in total. The van der Waals surface area contributed by atoms with Gasteiger partial charge in [0.1, 0.15) is 0 Å². The van der Waals surface area contributed by atoms with E-state index in [2.05, 4.69) is 15.4 Å². The fourth-order valence-corrected chi connectivity index (χ4v) is 7.49. The lowest BCUT2D eigenvalue weighted by atomic mass is 9.49. The SMILES string of the molecule is O=C(NC(=S)Nc1ccc(S(=O)(=O)Nc2ccccc2)cc1)C12CC3CC(CC(C3)C1)C2. The first-order valence-corrected chi connectivity index (χ1v) is 13.0. The molecule has 4 aliphatic carbocycles. The van der Waals surface area contributed by atoms with E-state index >= 15 is 0 Å². The fraction of sp³-hybridized carbons (Fsp3) is 0.417. The summed E-state index contributed by atoms with van der Waals surface area (Å²) in [5.74, 6) is 2.10. The zero-order valence-corrected chi connectivity index (χ0v) is 19.3. The molecule has 0 aliphatic heterocycles. The number of hydrogen-bond donors (Lipinski definition) is 3. The minimum atomic E-state index is -3.68. The first-order chi connectivity index (χ1) is 15.3. The molecule has 0 spiro atoms. The third-order valence-electron chi connectivity index (χ3n) is 7.20. The van der Waals surface area contributed by atoms with Crippen LogP contribution in [0.25, 0.3) is 0 Å². The number of thiocarbonyl (C=S) groups is 1. The van der Waals surface area contributed by atoms with Crippen LogP contribution < -0.4 is 15.4 Å². The Morgan fingerprint density at radius 1 is 0.844 bits per heavy atom. The molecule has 3 N–H and O–H groups in total. The van der Waals surface area contributed by atoms with Crippen molar-refractivity contribution in [3.05, 3.63) is 54.6 Å². The molecule has 6 rings (SSSR count). The van der Waals surface area contributed by atoms with Crippen molar-refractivity contribution >= 4 is 44.6 Å². The Kier molecular flexibility index (Phi) is 5.45. The number of carbonyl (C=O) groups is 1. The lowest BCUT2D eigenvalue weighted by Gasteiger charge is -2.55. The van der Waals surface area contributed by atoms with Crippen molar-refractivity contribution in [3.63, 3.8) is 0 Å². The van der Waals surface area contributed by atoms with E-state index in [1.165, 1.54) is 31.4 Å². The van der Waals surface area contributed by atoms with Gasteiger partial charge in [-0.05, 0) is 105 Å². The van der Waals surface area contributed by atoms with Crippen molar-refractivity contribution < 1.29 is 13.2 Å². The summed E-state index contributed by atoms with van der Waals surface area (Å²) in [6, 6.07) is 15.0. The van der Waals surface area contributed by atoms with E-state index in [1.54, 1.807) is 36.4 Å². The molecular weight excluding hydrogens is 442 g/mol. The lowest BCUT2D eigenvalue weighted by molar-refractivity contribution is -0.144. The van der Waals surface area contributed by atoms with Gasteiger partial charge < -0.3 is 10.6 Å². The Morgan fingerprint density at radius 3 is 1.97 bits per heavy atom. The van der Waals surface area contributed by atoms with Gasteiger partial charge in [0.2, 0.25) is 5.91 Å². The summed E-state index contributed by atoms with van der Waals surface area (Å²) < 4.78 is 27.7.